The van der Waals surface area contributed by atoms with Crippen molar-refractivity contribution in [3.63, 3.8) is 0 Å². The van der Waals surface area contributed by atoms with Gasteiger partial charge in [0.05, 0.1) is 32.9 Å². The van der Waals surface area contributed by atoms with E-state index in [-0.39, 0.29) is 5.02 Å². The molecular weight excluding hydrogens is 421 g/mol. The Balaban J connectivity index is 2.23. The average Bonchev–Trinajstić information content (AvgIpc) is 2.74. The molecule has 0 spiro atoms. The van der Waals surface area contributed by atoms with E-state index in [2.05, 4.69) is 10.2 Å². The average molecular weight is 445 g/mol. The second kappa shape index (κ2) is 9.32. The summed E-state index contributed by atoms with van der Waals surface area (Å²) in [5.74, 6) is 1.40. The van der Waals surface area contributed by atoms with Crippen LogP contribution in [0.5, 0.6) is 17.2 Å². The van der Waals surface area contributed by atoms with Crippen molar-refractivity contribution < 1.29 is 27.4 Å². The maximum absolute atomic E-state index is 13.4. The molecule has 1 saturated heterocycles. The number of halogens is 4. The van der Waals surface area contributed by atoms with Crippen molar-refractivity contribution in [3.05, 3.63) is 52.0 Å². The van der Waals surface area contributed by atoms with Gasteiger partial charge in [-0.1, -0.05) is 11.6 Å². The van der Waals surface area contributed by atoms with Crippen LogP contribution in [0.4, 0.5) is 13.2 Å². The first-order chi connectivity index (χ1) is 14.3. The standard InChI is InChI=1S/C21H24ClF3N2O3/c1-28-17-12-19(30-3)18(29-2)11-15(17)20(27-8-6-26-7-9-27)14-10-13(21(23,24)25)4-5-16(14)22/h4-5,10-12,20,26H,6-9H2,1-3H3. The van der Waals surface area contributed by atoms with Crippen LogP contribution in [-0.4, -0.2) is 52.4 Å². The van der Waals surface area contributed by atoms with E-state index < -0.39 is 17.8 Å². The number of benzene rings is 2. The third kappa shape index (κ3) is 4.61. The minimum atomic E-state index is -4.48. The number of hydrogen-bond donors (Lipinski definition) is 1. The molecule has 0 radical (unpaired) electrons. The Hall–Kier alpha value is -2.16. The molecule has 0 bridgehead atoms. The van der Waals surface area contributed by atoms with Crippen molar-refractivity contribution in [3.8, 4) is 17.2 Å². The first kappa shape index (κ1) is 22.5. The van der Waals surface area contributed by atoms with Gasteiger partial charge in [0.15, 0.2) is 11.5 Å². The molecular formula is C21H24ClF3N2O3. The van der Waals surface area contributed by atoms with Gasteiger partial charge in [-0.2, -0.15) is 13.2 Å². The third-order valence-corrected chi connectivity index (χ3v) is 5.51. The van der Waals surface area contributed by atoms with E-state index in [9.17, 15) is 13.2 Å². The van der Waals surface area contributed by atoms with Gasteiger partial charge in [-0.25, -0.2) is 0 Å². The summed E-state index contributed by atoms with van der Waals surface area (Å²) >= 11 is 6.43. The fraction of sp³-hybridized carbons (Fsp3) is 0.429. The second-order valence-corrected chi connectivity index (χ2v) is 7.28. The zero-order valence-electron chi connectivity index (χ0n) is 17.0. The number of rotatable bonds is 6. The molecule has 0 saturated carbocycles. The molecule has 30 heavy (non-hydrogen) atoms. The van der Waals surface area contributed by atoms with Gasteiger partial charge in [0.2, 0.25) is 0 Å². The highest BCUT2D eigenvalue weighted by Gasteiger charge is 2.34. The SMILES string of the molecule is COc1cc(OC)c(C(c2cc(C(F)(F)F)ccc2Cl)N2CCNCC2)cc1OC. The number of hydrogen-bond acceptors (Lipinski definition) is 5. The Labute approximate surface area is 178 Å². The topological polar surface area (TPSA) is 43.0 Å². The third-order valence-electron chi connectivity index (χ3n) is 5.17. The number of nitrogens with one attached hydrogen (secondary N) is 1. The summed E-state index contributed by atoms with van der Waals surface area (Å²) in [5, 5.41) is 3.51. The summed E-state index contributed by atoms with van der Waals surface area (Å²) in [4.78, 5) is 2.08. The highest BCUT2D eigenvalue weighted by molar-refractivity contribution is 6.31. The normalized spacial score (nSPS) is 16.2. The summed E-state index contributed by atoms with van der Waals surface area (Å²) in [6, 6.07) is 6.25. The molecule has 1 aliphatic rings. The van der Waals surface area contributed by atoms with Gasteiger partial charge in [0, 0.05) is 42.8 Å². The van der Waals surface area contributed by atoms with Crippen LogP contribution in [-0.2, 0) is 6.18 Å². The molecule has 0 aliphatic carbocycles. The minimum Gasteiger partial charge on any atom is -0.496 e. The van der Waals surface area contributed by atoms with E-state index in [0.717, 1.165) is 12.1 Å². The summed E-state index contributed by atoms with van der Waals surface area (Å²) in [6.45, 7) is 2.69. The molecule has 1 N–H and O–H groups in total. The number of piperazine rings is 1. The van der Waals surface area contributed by atoms with Crippen LogP contribution in [0.1, 0.15) is 22.7 Å². The molecule has 1 atom stereocenters. The lowest BCUT2D eigenvalue weighted by atomic mass is 9.93. The highest BCUT2D eigenvalue weighted by atomic mass is 35.5. The molecule has 1 heterocycles. The number of alkyl halides is 3. The minimum absolute atomic E-state index is 0.253. The van der Waals surface area contributed by atoms with Crippen LogP contribution < -0.4 is 19.5 Å². The maximum Gasteiger partial charge on any atom is 0.416 e. The Morgan fingerprint density at radius 1 is 0.900 bits per heavy atom. The molecule has 2 aromatic rings. The molecule has 1 fully saturated rings. The second-order valence-electron chi connectivity index (χ2n) is 6.87. The van der Waals surface area contributed by atoms with Crippen molar-refractivity contribution >= 4 is 11.6 Å². The first-order valence-electron chi connectivity index (χ1n) is 9.41. The lowest BCUT2D eigenvalue weighted by Crippen LogP contribution is -2.45. The summed E-state index contributed by atoms with van der Waals surface area (Å²) in [5.41, 5.74) is 0.263. The fourth-order valence-corrected chi connectivity index (χ4v) is 3.92. The summed E-state index contributed by atoms with van der Waals surface area (Å²) in [6.07, 6.45) is -4.48. The van der Waals surface area contributed by atoms with Gasteiger partial charge in [-0.15, -0.1) is 0 Å². The van der Waals surface area contributed by atoms with Crippen molar-refractivity contribution in [1.29, 1.82) is 0 Å². The van der Waals surface area contributed by atoms with Gasteiger partial charge in [-0.3, -0.25) is 4.90 Å². The van der Waals surface area contributed by atoms with Gasteiger partial charge in [-0.05, 0) is 29.8 Å². The van der Waals surface area contributed by atoms with E-state index in [1.165, 1.54) is 27.4 Å². The molecule has 1 aliphatic heterocycles. The quantitative estimate of drug-likeness (QED) is 0.716. The van der Waals surface area contributed by atoms with Crippen LogP contribution in [0.2, 0.25) is 5.02 Å². The number of nitrogens with zero attached hydrogens (tertiary/aromatic N) is 1. The van der Waals surface area contributed by atoms with Gasteiger partial charge < -0.3 is 19.5 Å². The molecule has 2 aromatic carbocycles. The van der Waals surface area contributed by atoms with Crippen LogP contribution in [0.15, 0.2) is 30.3 Å². The Morgan fingerprint density at radius 3 is 2.07 bits per heavy atom. The van der Waals surface area contributed by atoms with E-state index >= 15 is 0 Å². The lowest BCUT2D eigenvalue weighted by molar-refractivity contribution is -0.137. The zero-order chi connectivity index (χ0) is 21.9. The van der Waals surface area contributed by atoms with Gasteiger partial charge >= 0.3 is 6.18 Å². The Morgan fingerprint density at radius 2 is 1.50 bits per heavy atom. The molecule has 3 rings (SSSR count). The van der Waals surface area contributed by atoms with Crippen LogP contribution >= 0.6 is 11.6 Å². The van der Waals surface area contributed by atoms with E-state index in [1.54, 1.807) is 12.1 Å². The molecule has 9 heteroatoms. The number of methoxy groups -OCH3 is 3. The van der Waals surface area contributed by atoms with E-state index in [1.807, 2.05) is 0 Å². The zero-order valence-corrected chi connectivity index (χ0v) is 17.7. The van der Waals surface area contributed by atoms with Crippen LogP contribution in [0.25, 0.3) is 0 Å². The van der Waals surface area contributed by atoms with Crippen LogP contribution in [0, 0.1) is 0 Å². The van der Waals surface area contributed by atoms with E-state index in [0.29, 0.717) is 54.6 Å². The smallest absolute Gasteiger partial charge is 0.416 e. The maximum atomic E-state index is 13.4. The lowest BCUT2D eigenvalue weighted by Gasteiger charge is -2.37. The van der Waals surface area contributed by atoms with Crippen molar-refractivity contribution in [2.75, 3.05) is 47.5 Å². The Bertz CT molecular complexity index is 887. The molecule has 0 aromatic heterocycles. The number of ether oxygens (including phenoxy) is 3. The largest absolute Gasteiger partial charge is 0.496 e. The molecule has 1 unspecified atom stereocenters. The van der Waals surface area contributed by atoms with Crippen molar-refractivity contribution in [1.82, 2.24) is 10.2 Å². The predicted molar refractivity (Wildman–Crippen MR) is 109 cm³/mol. The van der Waals surface area contributed by atoms with Gasteiger partial charge in [0.25, 0.3) is 0 Å². The first-order valence-corrected chi connectivity index (χ1v) is 9.79. The predicted octanol–water partition coefficient (Wildman–Crippen LogP) is 4.38. The fourth-order valence-electron chi connectivity index (χ4n) is 3.70. The summed E-state index contributed by atoms with van der Waals surface area (Å²) < 4.78 is 56.7. The molecule has 0 amide bonds. The highest BCUT2D eigenvalue weighted by Crippen LogP contribution is 2.44. The van der Waals surface area contributed by atoms with E-state index in [4.69, 9.17) is 25.8 Å². The van der Waals surface area contributed by atoms with Gasteiger partial charge in [0.1, 0.15) is 5.75 Å². The molecule has 164 valence electrons. The van der Waals surface area contributed by atoms with Crippen molar-refractivity contribution in [2.24, 2.45) is 0 Å². The summed E-state index contributed by atoms with van der Waals surface area (Å²) in [7, 11) is 4.52. The Kier molecular flexibility index (Phi) is 7.00. The monoisotopic (exact) mass is 444 g/mol. The van der Waals surface area contributed by atoms with Crippen LogP contribution in [0.3, 0.4) is 0 Å². The van der Waals surface area contributed by atoms with Crippen molar-refractivity contribution in [2.45, 2.75) is 12.2 Å². The molecule has 5 nitrogen and oxygen atoms in total.